The minimum atomic E-state index is 0.844. The first-order valence-corrected chi connectivity index (χ1v) is 5.88. The van der Waals surface area contributed by atoms with Gasteiger partial charge in [-0.05, 0) is 38.3 Å². The molecule has 0 aliphatic heterocycles. The van der Waals surface area contributed by atoms with Crippen molar-refractivity contribution in [3.63, 3.8) is 0 Å². The minimum absolute atomic E-state index is 0.844. The van der Waals surface area contributed by atoms with Gasteiger partial charge < -0.3 is 5.73 Å². The smallest absolute Gasteiger partial charge is 0.0897 e. The van der Waals surface area contributed by atoms with Crippen LogP contribution in [0.3, 0.4) is 0 Å². The van der Waals surface area contributed by atoms with Gasteiger partial charge in [-0.3, -0.25) is 0 Å². The summed E-state index contributed by atoms with van der Waals surface area (Å²) in [6, 6.07) is 4.16. The monoisotopic (exact) mass is 217 g/mol. The molecule has 0 saturated carbocycles. The van der Waals surface area contributed by atoms with Crippen molar-refractivity contribution in [2.45, 2.75) is 40.0 Å². The van der Waals surface area contributed by atoms with Gasteiger partial charge in [-0.1, -0.05) is 19.4 Å². The maximum Gasteiger partial charge on any atom is 0.0897 e. The number of aryl methyl sites for hydroxylation is 3. The molecule has 0 aromatic carbocycles. The molecule has 2 rings (SSSR count). The van der Waals surface area contributed by atoms with Gasteiger partial charge in [0.05, 0.1) is 16.9 Å². The molecule has 0 radical (unpaired) electrons. The van der Waals surface area contributed by atoms with Gasteiger partial charge in [0.15, 0.2) is 0 Å². The Hall–Kier alpha value is -1.51. The van der Waals surface area contributed by atoms with Crippen LogP contribution in [0.5, 0.6) is 0 Å². The van der Waals surface area contributed by atoms with Gasteiger partial charge in [-0.2, -0.15) is 5.10 Å². The van der Waals surface area contributed by atoms with Gasteiger partial charge >= 0.3 is 0 Å². The van der Waals surface area contributed by atoms with Crippen molar-refractivity contribution in [2.24, 2.45) is 0 Å². The number of fused-ring (bicyclic) bond motifs is 1. The first-order valence-electron chi connectivity index (χ1n) is 5.88. The van der Waals surface area contributed by atoms with Crippen molar-refractivity contribution in [3.8, 4) is 0 Å². The fourth-order valence-electron chi connectivity index (χ4n) is 1.93. The summed E-state index contributed by atoms with van der Waals surface area (Å²) in [5.74, 6) is 0. The van der Waals surface area contributed by atoms with Crippen LogP contribution in [0.15, 0.2) is 12.1 Å². The molecule has 0 aliphatic rings. The normalized spacial score (nSPS) is 11.2. The van der Waals surface area contributed by atoms with Gasteiger partial charge in [-0.15, -0.1) is 0 Å². The summed E-state index contributed by atoms with van der Waals surface area (Å²) in [5, 5.41) is 4.60. The molecular weight excluding hydrogens is 198 g/mol. The molecule has 0 unspecified atom stereocenters. The van der Waals surface area contributed by atoms with Crippen LogP contribution in [0, 0.1) is 13.8 Å². The molecule has 2 heterocycles. The molecule has 0 fully saturated rings. The number of hydrogen-bond acceptors (Lipinski definition) is 2. The number of aromatic nitrogens is 2. The predicted octanol–water partition coefficient (Wildman–Crippen LogP) is 2.88. The Bertz CT molecular complexity index is 511. The molecule has 0 atom stereocenters. The van der Waals surface area contributed by atoms with Crippen LogP contribution in [-0.4, -0.2) is 9.61 Å². The Labute approximate surface area is 96.3 Å². The number of anilines is 1. The van der Waals surface area contributed by atoms with E-state index >= 15 is 0 Å². The SMILES string of the molecule is CCCCc1nn2c(C)c(C)ccc2c1N. The highest BCUT2D eigenvalue weighted by Crippen LogP contribution is 2.22. The summed E-state index contributed by atoms with van der Waals surface area (Å²) in [6.07, 6.45) is 3.29. The zero-order chi connectivity index (χ0) is 11.7. The van der Waals surface area contributed by atoms with Gasteiger partial charge in [0.25, 0.3) is 0 Å². The maximum absolute atomic E-state index is 6.12. The summed E-state index contributed by atoms with van der Waals surface area (Å²) in [6.45, 7) is 6.36. The second-order valence-electron chi connectivity index (χ2n) is 4.36. The molecule has 2 N–H and O–H groups in total. The molecule has 0 amide bonds. The Kier molecular flexibility index (Phi) is 2.86. The minimum Gasteiger partial charge on any atom is -0.395 e. The number of nitrogens with zero attached hydrogens (tertiary/aromatic N) is 2. The van der Waals surface area contributed by atoms with E-state index in [0.29, 0.717) is 0 Å². The zero-order valence-electron chi connectivity index (χ0n) is 10.2. The first kappa shape index (κ1) is 11.0. The fourth-order valence-corrected chi connectivity index (χ4v) is 1.93. The third-order valence-corrected chi connectivity index (χ3v) is 3.18. The fraction of sp³-hybridized carbons (Fsp3) is 0.462. The van der Waals surface area contributed by atoms with Crippen LogP contribution in [0.25, 0.3) is 5.52 Å². The highest BCUT2D eigenvalue weighted by atomic mass is 15.2. The number of nitrogen functional groups attached to an aromatic ring is 1. The number of hydrogen-bond donors (Lipinski definition) is 1. The summed E-state index contributed by atoms with van der Waals surface area (Å²) < 4.78 is 1.97. The van der Waals surface area contributed by atoms with E-state index in [2.05, 4.69) is 38.0 Å². The quantitative estimate of drug-likeness (QED) is 0.859. The van der Waals surface area contributed by atoms with Gasteiger partial charge in [0.2, 0.25) is 0 Å². The molecule has 3 heteroatoms. The molecule has 0 spiro atoms. The Morgan fingerprint density at radius 2 is 2.06 bits per heavy atom. The molecule has 2 aromatic rings. The molecule has 16 heavy (non-hydrogen) atoms. The second kappa shape index (κ2) is 4.16. The third-order valence-electron chi connectivity index (χ3n) is 3.18. The summed E-state index contributed by atoms with van der Waals surface area (Å²) in [4.78, 5) is 0. The number of unbranched alkanes of at least 4 members (excludes halogenated alkanes) is 1. The summed E-state index contributed by atoms with van der Waals surface area (Å²) >= 11 is 0. The Morgan fingerprint density at radius 3 is 2.75 bits per heavy atom. The lowest BCUT2D eigenvalue weighted by Crippen LogP contribution is -1.96. The van der Waals surface area contributed by atoms with Crippen molar-refractivity contribution in [2.75, 3.05) is 5.73 Å². The zero-order valence-corrected chi connectivity index (χ0v) is 10.2. The number of nitrogens with two attached hydrogens (primary N) is 1. The Morgan fingerprint density at radius 1 is 1.31 bits per heavy atom. The molecule has 86 valence electrons. The maximum atomic E-state index is 6.12. The molecule has 3 nitrogen and oxygen atoms in total. The van der Waals surface area contributed by atoms with E-state index in [0.717, 1.165) is 29.7 Å². The van der Waals surface area contributed by atoms with Crippen molar-refractivity contribution in [1.29, 1.82) is 0 Å². The van der Waals surface area contributed by atoms with E-state index in [1.54, 1.807) is 0 Å². The van der Waals surface area contributed by atoms with Crippen molar-refractivity contribution < 1.29 is 0 Å². The van der Waals surface area contributed by atoms with Crippen molar-refractivity contribution in [1.82, 2.24) is 9.61 Å². The number of rotatable bonds is 3. The lowest BCUT2D eigenvalue weighted by atomic mass is 10.1. The van der Waals surface area contributed by atoms with Crippen LogP contribution in [0.1, 0.15) is 36.7 Å². The van der Waals surface area contributed by atoms with E-state index in [4.69, 9.17) is 5.73 Å². The van der Waals surface area contributed by atoms with Crippen LogP contribution in [0.4, 0.5) is 5.69 Å². The highest BCUT2D eigenvalue weighted by molar-refractivity contribution is 5.72. The summed E-state index contributed by atoms with van der Waals surface area (Å²) in [7, 11) is 0. The van der Waals surface area contributed by atoms with Crippen molar-refractivity contribution in [3.05, 3.63) is 29.1 Å². The largest absolute Gasteiger partial charge is 0.395 e. The van der Waals surface area contributed by atoms with E-state index in [1.807, 2.05) is 4.52 Å². The molecule has 0 aliphatic carbocycles. The van der Waals surface area contributed by atoms with E-state index in [9.17, 15) is 0 Å². The first-order chi connectivity index (χ1) is 7.65. The average molecular weight is 217 g/mol. The van der Waals surface area contributed by atoms with Crippen LogP contribution in [-0.2, 0) is 6.42 Å². The molecule has 0 saturated heterocycles. The summed E-state index contributed by atoms with van der Waals surface area (Å²) in [5.41, 5.74) is 11.5. The van der Waals surface area contributed by atoms with Crippen LogP contribution >= 0.6 is 0 Å². The van der Waals surface area contributed by atoms with Crippen LogP contribution < -0.4 is 5.73 Å². The predicted molar refractivity (Wildman–Crippen MR) is 67.7 cm³/mol. The Balaban J connectivity index is 2.54. The van der Waals surface area contributed by atoms with E-state index in [-0.39, 0.29) is 0 Å². The molecule has 0 bridgehead atoms. The lowest BCUT2D eigenvalue weighted by molar-refractivity contribution is 0.758. The molecule has 2 aromatic heterocycles. The van der Waals surface area contributed by atoms with E-state index < -0.39 is 0 Å². The van der Waals surface area contributed by atoms with Crippen LogP contribution in [0.2, 0.25) is 0 Å². The van der Waals surface area contributed by atoms with Gasteiger partial charge in [0, 0.05) is 5.69 Å². The lowest BCUT2D eigenvalue weighted by Gasteiger charge is -2.02. The van der Waals surface area contributed by atoms with E-state index in [1.165, 1.54) is 17.7 Å². The highest BCUT2D eigenvalue weighted by Gasteiger charge is 2.10. The topological polar surface area (TPSA) is 43.3 Å². The van der Waals surface area contributed by atoms with Crippen molar-refractivity contribution >= 4 is 11.2 Å². The average Bonchev–Trinajstić information content (AvgIpc) is 2.59. The third kappa shape index (κ3) is 1.66. The molecular formula is C13H19N3. The standard InChI is InChI=1S/C13H19N3/c1-4-5-6-11-13(14)12-8-7-9(2)10(3)16(12)15-11/h7-8H,4-6,14H2,1-3H3. The number of pyridine rings is 1. The van der Waals surface area contributed by atoms with Gasteiger partial charge in [-0.25, -0.2) is 4.52 Å². The van der Waals surface area contributed by atoms with Gasteiger partial charge in [0.1, 0.15) is 0 Å². The second-order valence-corrected chi connectivity index (χ2v) is 4.36.